The Kier molecular flexibility index (Phi) is 3.06. The van der Waals surface area contributed by atoms with Gasteiger partial charge in [-0.1, -0.05) is 19.0 Å². The first kappa shape index (κ1) is 10.5. The second kappa shape index (κ2) is 4.09. The van der Waals surface area contributed by atoms with Crippen molar-refractivity contribution in [3.63, 3.8) is 0 Å². The number of nitrogen functional groups attached to an aromatic ring is 1. The van der Waals surface area contributed by atoms with Crippen molar-refractivity contribution in [3.05, 3.63) is 23.5 Å². The summed E-state index contributed by atoms with van der Waals surface area (Å²) in [6, 6.07) is 2.91. The van der Waals surface area contributed by atoms with E-state index in [4.69, 9.17) is 10.3 Å². The van der Waals surface area contributed by atoms with Crippen LogP contribution in [0, 0.1) is 12.7 Å². The Hall–Kier alpha value is -1.58. The lowest BCUT2D eigenvalue weighted by Gasteiger charge is -1.93. The molecule has 0 unspecified atom stereocenters. The molecule has 4 heteroatoms. The maximum absolute atomic E-state index is 13.0. The number of benzene rings is 1. The molecule has 3 nitrogen and oxygen atoms in total. The van der Waals surface area contributed by atoms with Gasteiger partial charge in [-0.25, -0.2) is 4.39 Å². The zero-order valence-electron chi connectivity index (χ0n) is 8.47. The number of anilines is 1. The third-order valence-corrected chi connectivity index (χ3v) is 1.78. The van der Waals surface area contributed by atoms with Crippen LogP contribution in [-0.4, -0.2) is 5.16 Å². The van der Waals surface area contributed by atoms with Gasteiger partial charge in [-0.05, 0) is 24.6 Å². The number of hydrogen-bond donors (Lipinski definition) is 1. The first-order chi connectivity index (χ1) is 6.68. The van der Waals surface area contributed by atoms with E-state index in [1.807, 2.05) is 13.8 Å². The summed E-state index contributed by atoms with van der Waals surface area (Å²) < 4.78 is 17.8. The highest BCUT2D eigenvalue weighted by Crippen LogP contribution is 2.22. The summed E-state index contributed by atoms with van der Waals surface area (Å²) >= 11 is 0. The fraction of sp³-hybridized carbons (Fsp3) is 0.300. The van der Waals surface area contributed by atoms with E-state index in [9.17, 15) is 4.39 Å². The average Bonchev–Trinajstić information content (AvgIpc) is 2.53. The minimum atomic E-state index is -0.294. The molecule has 0 bridgehead atoms. The molecule has 0 atom stereocenters. The van der Waals surface area contributed by atoms with E-state index >= 15 is 0 Å². The van der Waals surface area contributed by atoms with Crippen LogP contribution in [0.2, 0.25) is 0 Å². The van der Waals surface area contributed by atoms with Gasteiger partial charge in [-0.2, -0.15) is 0 Å². The van der Waals surface area contributed by atoms with Crippen LogP contribution in [0.3, 0.4) is 0 Å². The number of hydrogen-bond acceptors (Lipinski definition) is 3. The zero-order chi connectivity index (χ0) is 10.7. The molecule has 0 amide bonds. The summed E-state index contributed by atoms with van der Waals surface area (Å²) in [6.45, 7) is 5.66. The summed E-state index contributed by atoms with van der Waals surface area (Å²) in [7, 11) is 0. The second-order valence-corrected chi connectivity index (χ2v) is 2.67. The van der Waals surface area contributed by atoms with Crippen LogP contribution in [0.4, 0.5) is 10.2 Å². The molecule has 1 aromatic carbocycles. The van der Waals surface area contributed by atoms with E-state index in [0.29, 0.717) is 16.5 Å². The Bertz CT molecular complexity index is 437. The average molecular weight is 196 g/mol. The van der Waals surface area contributed by atoms with Gasteiger partial charge in [-0.15, -0.1) is 0 Å². The van der Waals surface area contributed by atoms with E-state index in [-0.39, 0.29) is 11.6 Å². The maximum Gasteiger partial charge on any atom is 0.174 e. The van der Waals surface area contributed by atoms with Gasteiger partial charge < -0.3 is 10.3 Å². The summed E-state index contributed by atoms with van der Waals surface area (Å²) in [5.74, 6) is -0.0682. The van der Waals surface area contributed by atoms with Crippen molar-refractivity contribution in [1.29, 1.82) is 0 Å². The van der Waals surface area contributed by atoms with Gasteiger partial charge in [0, 0.05) is 0 Å². The largest absolute Gasteiger partial charge is 0.380 e. The Balaban J connectivity index is 0.000000461. The molecule has 0 aliphatic rings. The second-order valence-electron chi connectivity index (χ2n) is 2.67. The smallest absolute Gasteiger partial charge is 0.174 e. The van der Waals surface area contributed by atoms with Crippen molar-refractivity contribution in [2.45, 2.75) is 20.8 Å². The zero-order valence-corrected chi connectivity index (χ0v) is 8.47. The van der Waals surface area contributed by atoms with E-state index in [0.717, 1.165) is 0 Å². The summed E-state index contributed by atoms with van der Waals surface area (Å²) in [5.41, 5.74) is 6.47. The van der Waals surface area contributed by atoms with Crippen LogP contribution in [0.25, 0.3) is 11.0 Å². The molecule has 1 heterocycles. The minimum absolute atomic E-state index is 0.226. The summed E-state index contributed by atoms with van der Waals surface area (Å²) in [6.07, 6.45) is 0. The van der Waals surface area contributed by atoms with E-state index in [2.05, 4.69) is 5.16 Å². The van der Waals surface area contributed by atoms with Crippen molar-refractivity contribution >= 4 is 16.8 Å². The molecule has 0 spiro atoms. The normalized spacial score (nSPS) is 9.71. The Morgan fingerprint density at radius 2 is 2.00 bits per heavy atom. The lowest BCUT2D eigenvalue weighted by Crippen LogP contribution is -1.85. The third-order valence-electron chi connectivity index (χ3n) is 1.78. The topological polar surface area (TPSA) is 52.0 Å². The molecular weight excluding hydrogens is 183 g/mol. The molecule has 14 heavy (non-hydrogen) atoms. The number of rotatable bonds is 0. The fourth-order valence-corrected chi connectivity index (χ4v) is 1.08. The van der Waals surface area contributed by atoms with Gasteiger partial charge in [0.15, 0.2) is 11.4 Å². The highest BCUT2D eigenvalue weighted by molar-refractivity contribution is 5.87. The lowest BCUT2D eigenvalue weighted by atomic mass is 10.2. The number of halogens is 1. The first-order valence-corrected chi connectivity index (χ1v) is 4.49. The summed E-state index contributed by atoms with van der Waals surface area (Å²) in [5, 5.41) is 4.04. The van der Waals surface area contributed by atoms with Crippen LogP contribution in [-0.2, 0) is 0 Å². The number of aromatic nitrogens is 1. The van der Waals surface area contributed by atoms with E-state index in [1.165, 1.54) is 6.07 Å². The minimum Gasteiger partial charge on any atom is -0.380 e. The van der Waals surface area contributed by atoms with E-state index < -0.39 is 0 Å². The Morgan fingerprint density at radius 3 is 2.64 bits per heavy atom. The molecule has 1 aromatic heterocycles. The molecule has 76 valence electrons. The quantitative estimate of drug-likeness (QED) is 0.704. The predicted molar refractivity (Wildman–Crippen MR) is 54.5 cm³/mol. The lowest BCUT2D eigenvalue weighted by molar-refractivity contribution is 0.460. The number of aryl methyl sites for hydroxylation is 1. The van der Waals surface area contributed by atoms with Gasteiger partial charge in [0.2, 0.25) is 0 Å². The fourth-order valence-electron chi connectivity index (χ4n) is 1.08. The van der Waals surface area contributed by atoms with Crippen LogP contribution >= 0.6 is 0 Å². The van der Waals surface area contributed by atoms with Crippen LogP contribution in [0.1, 0.15) is 19.4 Å². The maximum atomic E-state index is 13.0. The Morgan fingerprint density at radius 1 is 1.36 bits per heavy atom. The van der Waals surface area contributed by atoms with Gasteiger partial charge >= 0.3 is 0 Å². The van der Waals surface area contributed by atoms with Crippen LogP contribution in [0.5, 0.6) is 0 Å². The molecule has 2 aromatic rings. The van der Waals surface area contributed by atoms with Crippen molar-refractivity contribution in [2.24, 2.45) is 0 Å². The number of nitrogens with two attached hydrogens (primary N) is 1. The SMILES string of the molecule is CC.Cc1cc2onc(N)c2cc1F. The molecule has 0 saturated carbocycles. The molecular formula is C10H13FN2O. The van der Waals surface area contributed by atoms with Crippen LogP contribution < -0.4 is 5.73 Å². The molecule has 0 fully saturated rings. The molecule has 0 saturated heterocycles. The number of nitrogens with zero attached hydrogens (tertiary/aromatic N) is 1. The van der Waals surface area contributed by atoms with Gasteiger partial charge in [0.25, 0.3) is 0 Å². The monoisotopic (exact) mass is 196 g/mol. The molecule has 2 N–H and O–H groups in total. The molecule has 0 aliphatic carbocycles. The highest BCUT2D eigenvalue weighted by Gasteiger charge is 2.07. The van der Waals surface area contributed by atoms with Gasteiger partial charge in [0.1, 0.15) is 5.82 Å². The van der Waals surface area contributed by atoms with Crippen molar-refractivity contribution in [2.75, 3.05) is 5.73 Å². The molecule has 0 radical (unpaired) electrons. The Labute approximate surface area is 81.7 Å². The van der Waals surface area contributed by atoms with Gasteiger partial charge in [0.05, 0.1) is 5.39 Å². The third kappa shape index (κ3) is 1.69. The predicted octanol–water partition coefficient (Wildman–Crippen LogP) is 2.88. The summed E-state index contributed by atoms with van der Waals surface area (Å²) in [4.78, 5) is 0. The first-order valence-electron chi connectivity index (χ1n) is 4.49. The molecule has 0 aliphatic heterocycles. The standard InChI is InChI=1S/C8H7FN2O.C2H6/c1-4-2-7-5(3-6(4)9)8(10)11-12-7;1-2/h2-3H,1H3,(H2,10,11);1-2H3. The molecule has 2 rings (SSSR count). The van der Waals surface area contributed by atoms with Crippen molar-refractivity contribution in [3.8, 4) is 0 Å². The van der Waals surface area contributed by atoms with Gasteiger partial charge in [-0.3, -0.25) is 0 Å². The van der Waals surface area contributed by atoms with Crippen molar-refractivity contribution < 1.29 is 8.91 Å². The van der Waals surface area contributed by atoms with E-state index in [1.54, 1.807) is 13.0 Å². The van der Waals surface area contributed by atoms with Crippen LogP contribution in [0.15, 0.2) is 16.7 Å². The highest BCUT2D eigenvalue weighted by atomic mass is 19.1. The number of fused-ring (bicyclic) bond motifs is 1. The van der Waals surface area contributed by atoms with Crippen molar-refractivity contribution in [1.82, 2.24) is 5.16 Å².